The summed E-state index contributed by atoms with van der Waals surface area (Å²) in [4.78, 5) is 31.4. The lowest BCUT2D eigenvalue weighted by Crippen LogP contribution is -2.43. The first-order valence-corrected chi connectivity index (χ1v) is 6.48. The van der Waals surface area contributed by atoms with Crippen molar-refractivity contribution in [3.63, 3.8) is 0 Å². The van der Waals surface area contributed by atoms with Gasteiger partial charge in [-0.15, -0.1) is 4.68 Å². The van der Waals surface area contributed by atoms with Crippen LogP contribution in [0, 0.1) is 6.92 Å². The molecule has 0 aliphatic rings. The maximum atomic E-state index is 12.5. The molecule has 3 rings (SSSR count). The topological polar surface area (TPSA) is 84.5 Å². The van der Waals surface area contributed by atoms with Crippen molar-refractivity contribution in [2.45, 2.75) is 13.5 Å². The van der Waals surface area contributed by atoms with Gasteiger partial charge >= 0.3 is 11.3 Å². The van der Waals surface area contributed by atoms with Gasteiger partial charge in [0.25, 0.3) is 5.56 Å². The van der Waals surface area contributed by atoms with Crippen LogP contribution < -0.4 is 15.9 Å². The lowest BCUT2D eigenvalue weighted by Gasteiger charge is -2.04. The molecule has 7 nitrogen and oxygen atoms in total. The van der Waals surface area contributed by atoms with Gasteiger partial charge in [0, 0.05) is 0 Å². The minimum absolute atomic E-state index is 0.206. The fourth-order valence-corrected chi connectivity index (χ4v) is 2.25. The molecule has 2 aromatic heterocycles. The zero-order valence-corrected chi connectivity index (χ0v) is 11.7. The maximum absolute atomic E-state index is 12.5. The lowest BCUT2D eigenvalue weighted by atomic mass is 10.2. The summed E-state index contributed by atoms with van der Waals surface area (Å²) in [6.45, 7) is 1.91. The van der Waals surface area contributed by atoms with Gasteiger partial charge in [-0.3, -0.25) is 4.79 Å². The number of aryl methyl sites for hydroxylation is 2. The normalized spacial score (nSPS) is 11.0. The average Bonchev–Trinajstić information content (AvgIpc) is 2.46. The number of hydrogen-bond acceptors (Lipinski definition) is 4. The van der Waals surface area contributed by atoms with Crippen molar-refractivity contribution in [3.05, 3.63) is 62.6 Å². The molecule has 1 N–H and O–H groups in total. The van der Waals surface area contributed by atoms with Gasteiger partial charge in [-0.2, -0.15) is 4.98 Å². The van der Waals surface area contributed by atoms with Crippen molar-refractivity contribution < 1.29 is 4.68 Å². The average molecular weight is 284 g/mol. The first-order valence-electron chi connectivity index (χ1n) is 6.48. The van der Waals surface area contributed by atoms with Crippen LogP contribution in [-0.4, -0.2) is 19.6 Å². The Bertz CT molecular complexity index is 928. The molecule has 0 saturated carbocycles. The Morgan fingerprint density at radius 2 is 1.95 bits per heavy atom. The number of fused-ring (bicyclic) bond motifs is 1. The predicted octanol–water partition coefficient (Wildman–Crippen LogP) is -0.339. The van der Waals surface area contributed by atoms with E-state index in [1.54, 1.807) is 14.0 Å². The Labute approximate surface area is 119 Å². The van der Waals surface area contributed by atoms with Crippen LogP contribution in [0.4, 0.5) is 0 Å². The van der Waals surface area contributed by atoms with E-state index < -0.39 is 11.2 Å². The molecule has 2 heterocycles. The molecule has 0 unspecified atom stereocenters. The quantitative estimate of drug-likeness (QED) is 0.653. The van der Waals surface area contributed by atoms with Crippen LogP contribution in [0.2, 0.25) is 0 Å². The molecular weight excluding hydrogens is 270 g/mol. The fraction of sp³-hybridized carbons (Fsp3) is 0.214. The van der Waals surface area contributed by atoms with E-state index in [1.165, 1.54) is 4.68 Å². The largest absolute Gasteiger partial charge is 0.416 e. The number of nitrogens with one attached hydrogen (secondary N) is 1. The first-order chi connectivity index (χ1) is 10.1. The van der Waals surface area contributed by atoms with Gasteiger partial charge in [0.1, 0.15) is 7.05 Å². The number of H-pyrrole nitrogens is 1. The number of rotatable bonds is 2. The van der Waals surface area contributed by atoms with Gasteiger partial charge in [-0.25, -0.2) is 14.3 Å². The van der Waals surface area contributed by atoms with Crippen molar-refractivity contribution in [3.8, 4) is 0 Å². The smallest absolute Gasteiger partial charge is 0.266 e. The summed E-state index contributed by atoms with van der Waals surface area (Å²) in [5, 5.41) is 4.08. The minimum Gasteiger partial charge on any atom is -0.266 e. The van der Waals surface area contributed by atoms with Crippen LogP contribution in [0.5, 0.6) is 0 Å². The van der Waals surface area contributed by atoms with Crippen molar-refractivity contribution in [2.75, 3.05) is 0 Å². The summed E-state index contributed by atoms with van der Waals surface area (Å²) in [6.07, 6.45) is 0. The van der Waals surface area contributed by atoms with Gasteiger partial charge in [0.2, 0.25) is 5.52 Å². The van der Waals surface area contributed by atoms with Crippen LogP contribution in [0.1, 0.15) is 11.4 Å². The SMILES string of the molecule is Cc1nc2c(=O)n(Cc3ccccc3)c(=O)[nH]c2[n+](C)n1. The summed E-state index contributed by atoms with van der Waals surface area (Å²) < 4.78 is 2.59. The van der Waals surface area contributed by atoms with Gasteiger partial charge in [0.05, 0.1) is 6.54 Å². The standard InChI is InChI=1S/C14H13N5O2/c1-9-15-11-12(18(2)17-9)16-14(21)19(13(11)20)8-10-6-4-3-5-7-10/h3-7H,8H2,1-2H3/p+1. The molecule has 1 aromatic carbocycles. The lowest BCUT2D eigenvalue weighted by molar-refractivity contribution is -0.708. The van der Waals surface area contributed by atoms with E-state index >= 15 is 0 Å². The Morgan fingerprint density at radius 1 is 1.24 bits per heavy atom. The van der Waals surface area contributed by atoms with Crippen molar-refractivity contribution >= 4 is 11.2 Å². The van der Waals surface area contributed by atoms with E-state index in [1.807, 2.05) is 30.3 Å². The molecule has 3 aromatic rings. The van der Waals surface area contributed by atoms with Crippen LogP contribution in [-0.2, 0) is 13.6 Å². The molecule has 0 aliphatic heterocycles. The van der Waals surface area contributed by atoms with E-state index in [0.29, 0.717) is 11.5 Å². The Balaban J connectivity index is 2.25. The van der Waals surface area contributed by atoms with E-state index in [0.717, 1.165) is 10.1 Å². The molecule has 21 heavy (non-hydrogen) atoms. The third kappa shape index (κ3) is 2.33. The number of aromatic nitrogens is 5. The first kappa shape index (κ1) is 13.2. The van der Waals surface area contributed by atoms with Crippen molar-refractivity contribution in [2.24, 2.45) is 7.05 Å². The molecular formula is C14H14N5O2+. The highest BCUT2D eigenvalue weighted by atomic mass is 16.2. The highest BCUT2D eigenvalue weighted by Gasteiger charge is 2.18. The molecule has 0 saturated heterocycles. The molecule has 0 bridgehead atoms. The monoisotopic (exact) mass is 284 g/mol. The Kier molecular flexibility index (Phi) is 3.09. The fourth-order valence-electron chi connectivity index (χ4n) is 2.25. The van der Waals surface area contributed by atoms with Gasteiger partial charge in [-0.1, -0.05) is 35.4 Å². The second-order valence-corrected chi connectivity index (χ2v) is 4.79. The highest BCUT2D eigenvalue weighted by Crippen LogP contribution is 2.00. The summed E-state index contributed by atoms with van der Waals surface area (Å²) in [5.74, 6) is 0.473. The molecule has 0 aliphatic carbocycles. The van der Waals surface area contributed by atoms with Crippen molar-refractivity contribution in [1.82, 2.24) is 19.6 Å². The van der Waals surface area contributed by atoms with Crippen LogP contribution in [0.3, 0.4) is 0 Å². The predicted molar refractivity (Wildman–Crippen MR) is 75.9 cm³/mol. The van der Waals surface area contributed by atoms with E-state index in [2.05, 4.69) is 15.1 Å². The van der Waals surface area contributed by atoms with E-state index in [9.17, 15) is 9.59 Å². The summed E-state index contributed by atoms with van der Waals surface area (Å²) >= 11 is 0. The van der Waals surface area contributed by atoms with Gasteiger partial charge in [-0.05, 0) is 12.5 Å². The molecule has 0 amide bonds. The minimum atomic E-state index is -0.473. The van der Waals surface area contributed by atoms with Gasteiger partial charge < -0.3 is 0 Å². The molecule has 0 fully saturated rings. The van der Waals surface area contributed by atoms with E-state index in [4.69, 9.17) is 0 Å². The Morgan fingerprint density at radius 3 is 2.67 bits per heavy atom. The maximum Gasteiger partial charge on any atom is 0.416 e. The second-order valence-electron chi connectivity index (χ2n) is 4.79. The number of nitrogens with zero attached hydrogens (tertiary/aromatic N) is 4. The van der Waals surface area contributed by atoms with Crippen molar-refractivity contribution in [1.29, 1.82) is 0 Å². The molecule has 106 valence electrons. The summed E-state index contributed by atoms with van der Waals surface area (Å²) in [5.41, 5.74) is 0.512. The molecule has 7 heteroatoms. The molecule has 0 atom stereocenters. The van der Waals surface area contributed by atoms with E-state index in [-0.39, 0.29) is 12.1 Å². The number of benzene rings is 1. The summed E-state index contributed by atoms with van der Waals surface area (Å²) in [6, 6.07) is 9.33. The molecule has 0 spiro atoms. The van der Waals surface area contributed by atoms with Crippen LogP contribution >= 0.6 is 0 Å². The summed E-state index contributed by atoms with van der Waals surface area (Å²) in [7, 11) is 1.66. The number of aromatic amines is 1. The highest BCUT2D eigenvalue weighted by molar-refractivity contribution is 5.63. The number of hydrogen-bond donors (Lipinski definition) is 1. The third-order valence-corrected chi connectivity index (χ3v) is 3.22. The Hall–Kier alpha value is -2.83. The molecule has 0 radical (unpaired) electrons. The zero-order chi connectivity index (χ0) is 15.0. The second kappa shape index (κ2) is 4.93. The third-order valence-electron chi connectivity index (χ3n) is 3.22. The zero-order valence-electron chi connectivity index (χ0n) is 11.7. The van der Waals surface area contributed by atoms with Crippen LogP contribution in [0.15, 0.2) is 39.9 Å². The van der Waals surface area contributed by atoms with Gasteiger partial charge in [0.15, 0.2) is 5.82 Å². The van der Waals surface area contributed by atoms with Crippen LogP contribution in [0.25, 0.3) is 11.2 Å².